The molecule has 0 aromatic heterocycles. The van der Waals surface area contributed by atoms with Gasteiger partial charge >= 0.3 is 17.9 Å². The molecule has 314 valence electrons. The van der Waals surface area contributed by atoms with Crippen molar-refractivity contribution in [3.63, 3.8) is 0 Å². The summed E-state index contributed by atoms with van der Waals surface area (Å²) in [4.78, 5) is 37.6. The molecule has 6 heteroatoms. The van der Waals surface area contributed by atoms with Crippen molar-refractivity contribution in [3.05, 3.63) is 0 Å². The van der Waals surface area contributed by atoms with Crippen molar-refractivity contribution in [1.29, 1.82) is 0 Å². The molecule has 0 heterocycles. The molecule has 0 spiro atoms. The molecule has 0 unspecified atom stereocenters. The molecule has 0 aliphatic heterocycles. The molecule has 0 amide bonds. The van der Waals surface area contributed by atoms with Gasteiger partial charge in [-0.2, -0.15) is 0 Å². The molecule has 0 aromatic rings. The van der Waals surface area contributed by atoms with Crippen LogP contribution in [0.1, 0.15) is 253 Å². The fraction of sp³-hybridized carbons (Fsp3) is 0.936. The Labute approximate surface area is 329 Å². The summed E-state index contributed by atoms with van der Waals surface area (Å²) < 4.78 is 16.7. The first-order valence-corrected chi connectivity index (χ1v) is 23.2. The zero-order valence-corrected chi connectivity index (χ0v) is 36.1. The van der Waals surface area contributed by atoms with Crippen molar-refractivity contribution in [2.24, 2.45) is 11.8 Å². The Bertz CT molecular complexity index is 809. The molecule has 53 heavy (non-hydrogen) atoms. The lowest BCUT2D eigenvalue weighted by molar-refractivity contribution is -0.167. The maximum Gasteiger partial charge on any atom is 0.306 e. The Morgan fingerprint density at radius 3 is 0.925 bits per heavy atom. The van der Waals surface area contributed by atoms with E-state index in [0.29, 0.717) is 19.3 Å². The number of ether oxygens (including phenoxy) is 3. The van der Waals surface area contributed by atoms with Crippen LogP contribution in [0.2, 0.25) is 0 Å². The van der Waals surface area contributed by atoms with E-state index in [1.54, 1.807) is 0 Å². The van der Waals surface area contributed by atoms with Crippen LogP contribution in [0, 0.1) is 11.8 Å². The maximum atomic E-state index is 12.7. The molecule has 0 fully saturated rings. The maximum absolute atomic E-state index is 12.7. The Morgan fingerprint density at radius 2 is 0.623 bits per heavy atom. The second-order valence-corrected chi connectivity index (χ2v) is 17.0. The first-order valence-electron chi connectivity index (χ1n) is 23.2. The summed E-state index contributed by atoms with van der Waals surface area (Å²) in [5.41, 5.74) is 0. The SMILES string of the molecule is CCCCCCCCCC(=O)OC[C@@H](COC(=O)CCCCCCCCCCCCC(C)C)OC(=O)CCCCCCCCCCCCCCC(C)C. The van der Waals surface area contributed by atoms with Crippen molar-refractivity contribution in [2.75, 3.05) is 13.2 Å². The third-order valence-electron chi connectivity index (χ3n) is 10.5. The Hall–Kier alpha value is -1.59. The van der Waals surface area contributed by atoms with Crippen LogP contribution in [0.4, 0.5) is 0 Å². The predicted octanol–water partition coefficient (Wildman–Crippen LogP) is 14.6. The zero-order chi connectivity index (χ0) is 39.0. The van der Waals surface area contributed by atoms with Gasteiger partial charge in [0.2, 0.25) is 0 Å². The Balaban J connectivity index is 4.26. The van der Waals surface area contributed by atoms with Crippen LogP contribution in [-0.4, -0.2) is 37.2 Å². The second kappa shape index (κ2) is 40.1. The lowest BCUT2D eigenvalue weighted by atomic mass is 10.0. The predicted molar refractivity (Wildman–Crippen MR) is 224 cm³/mol. The lowest BCUT2D eigenvalue weighted by Crippen LogP contribution is -2.30. The first kappa shape index (κ1) is 51.4. The van der Waals surface area contributed by atoms with E-state index in [-0.39, 0.29) is 31.1 Å². The molecule has 0 aliphatic rings. The number of hydrogen-bond acceptors (Lipinski definition) is 6. The molecule has 0 saturated carbocycles. The normalized spacial score (nSPS) is 12.1. The standard InChI is InChI=1S/C47H90O6/c1-6-7-8-9-20-27-32-37-45(48)51-40-44(41-52-46(49)38-33-28-23-18-15-14-17-22-26-31-36-43(4)5)53-47(50)39-34-29-24-19-13-11-10-12-16-21-25-30-35-42(2)3/h42-44H,6-41H2,1-5H3/t44-/m0/s1. The molecular weight excluding hydrogens is 661 g/mol. The van der Waals surface area contributed by atoms with Crippen molar-refractivity contribution in [2.45, 2.75) is 259 Å². The van der Waals surface area contributed by atoms with E-state index >= 15 is 0 Å². The molecule has 0 aliphatic carbocycles. The van der Waals surface area contributed by atoms with Gasteiger partial charge in [0, 0.05) is 19.3 Å². The summed E-state index contributed by atoms with van der Waals surface area (Å²) in [5, 5.41) is 0. The van der Waals surface area contributed by atoms with Crippen LogP contribution < -0.4 is 0 Å². The molecule has 0 N–H and O–H groups in total. The van der Waals surface area contributed by atoms with Gasteiger partial charge in [0.05, 0.1) is 0 Å². The minimum atomic E-state index is -0.759. The molecule has 0 bridgehead atoms. The van der Waals surface area contributed by atoms with Gasteiger partial charge in [0.1, 0.15) is 13.2 Å². The molecular formula is C47H90O6. The third kappa shape index (κ3) is 41.4. The first-order chi connectivity index (χ1) is 25.7. The molecule has 0 saturated heterocycles. The summed E-state index contributed by atoms with van der Waals surface area (Å²) in [6.45, 7) is 11.3. The second-order valence-electron chi connectivity index (χ2n) is 17.0. The van der Waals surface area contributed by atoms with Gasteiger partial charge in [-0.25, -0.2) is 0 Å². The van der Waals surface area contributed by atoms with Gasteiger partial charge in [0.15, 0.2) is 6.10 Å². The number of carbonyl (C=O) groups is 3. The Morgan fingerprint density at radius 1 is 0.358 bits per heavy atom. The van der Waals surface area contributed by atoms with E-state index < -0.39 is 6.10 Å². The van der Waals surface area contributed by atoms with Gasteiger partial charge in [-0.3, -0.25) is 14.4 Å². The molecule has 6 nitrogen and oxygen atoms in total. The van der Waals surface area contributed by atoms with Crippen LogP contribution >= 0.6 is 0 Å². The lowest BCUT2D eigenvalue weighted by Gasteiger charge is -2.18. The number of carbonyl (C=O) groups excluding carboxylic acids is 3. The number of rotatable bonds is 41. The fourth-order valence-electron chi connectivity index (χ4n) is 6.93. The average Bonchev–Trinajstić information content (AvgIpc) is 3.12. The van der Waals surface area contributed by atoms with E-state index in [0.717, 1.165) is 69.6 Å². The monoisotopic (exact) mass is 751 g/mol. The Kier molecular flexibility index (Phi) is 38.9. The van der Waals surface area contributed by atoms with Gasteiger partial charge in [-0.15, -0.1) is 0 Å². The topological polar surface area (TPSA) is 78.9 Å². The summed E-state index contributed by atoms with van der Waals surface area (Å²) in [7, 11) is 0. The smallest absolute Gasteiger partial charge is 0.306 e. The summed E-state index contributed by atoms with van der Waals surface area (Å²) >= 11 is 0. The summed E-state index contributed by atoms with van der Waals surface area (Å²) in [5.74, 6) is 0.789. The molecule has 1 atom stereocenters. The van der Waals surface area contributed by atoms with E-state index in [2.05, 4.69) is 34.6 Å². The van der Waals surface area contributed by atoms with Gasteiger partial charge in [0.25, 0.3) is 0 Å². The summed E-state index contributed by atoms with van der Waals surface area (Å²) in [6, 6.07) is 0. The highest BCUT2D eigenvalue weighted by Gasteiger charge is 2.19. The fourth-order valence-corrected chi connectivity index (χ4v) is 6.93. The molecule has 0 rings (SSSR count). The minimum Gasteiger partial charge on any atom is -0.462 e. The highest BCUT2D eigenvalue weighted by atomic mass is 16.6. The van der Waals surface area contributed by atoms with Crippen LogP contribution in [-0.2, 0) is 28.6 Å². The third-order valence-corrected chi connectivity index (χ3v) is 10.5. The molecule has 0 aromatic carbocycles. The van der Waals surface area contributed by atoms with Gasteiger partial charge in [-0.1, -0.05) is 214 Å². The number of esters is 3. The van der Waals surface area contributed by atoms with E-state index in [9.17, 15) is 14.4 Å². The number of hydrogen-bond donors (Lipinski definition) is 0. The average molecular weight is 751 g/mol. The number of unbranched alkanes of at least 4 members (excludes halogenated alkanes) is 26. The van der Waals surface area contributed by atoms with E-state index in [1.807, 2.05) is 0 Å². The van der Waals surface area contributed by atoms with Gasteiger partial charge in [-0.05, 0) is 31.1 Å². The molecule has 0 radical (unpaired) electrons. The van der Waals surface area contributed by atoms with E-state index in [4.69, 9.17) is 14.2 Å². The van der Waals surface area contributed by atoms with Crippen LogP contribution in [0.15, 0.2) is 0 Å². The van der Waals surface area contributed by atoms with Crippen molar-refractivity contribution >= 4 is 17.9 Å². The highest BCUT2D eigenvalue weighted by molar-refractivity contribution is 5.71. The zero-order valence-electron chi connectivity index (χ0n) is 36.1. The van der Waals surface area contributed by atoms with E-state index in [1.165, 1.54) is 141 Å². The van der Waals surface area contributed by atoms with Crippen LogP contribution in [0.25, 0.3) is 0 Å². The van der Waals surface area contributed by atoms with Crippen LogP contribution in [0.5, 0.6) is 0 Å². The van der Waals surface area contributed by atoms with Gasteiger partial charge < -0.3 is 14.2 Å². The van der Waals surface area contributed by atoms with Crippen molar-refractivity contribution in [3.8, 4) is 0 Å². The minimum absolute atomic E-state index is 0.0651. The highest BCUT2D eigenvalue weighted by Crippen LogP contribution is 2.17. The largest absolute Gasteiger partial charge is 0.462 e. The quantitative estimate of drug-likeness (QED) is 0.0352. The summed E-state index contributed by atoms with van der Waals surface area (Å²) in [6.07, 6.45) is 38.1. The van der Waals surface area contributed by atoms with Crippen molar-refractivity contribution < 1.29 is 28.6 Å². The van der Waals surface area contributed by atoms with Crippen LogP contribution in [0.3, 0.4) is 0 Å². The van der Waals surface area contributed by atoms with Crippen molar-refractivity contribution in [1.82, 2.24) is 0 Å².